The number of rotatable bonds is 4. The number of thiophene rings is 1. The molecule has 0 saturated carbocycles. The van der Waals surface area contributed by atoms with Crippen LogP contribution in [0.5, 0.6) is 0 Å². The topological polar surface area (TPSA) is 64.9 Å². The van der Waals surface area contributed by atoms with E-state index >= 15 is 0 Å². The number of carbonyl (C=O) groups is 1. The fourth-order valence-corrected chi connectivity index (χ4v) is 4.94. The number of aryl methyl sites for hydroxylation is 1. The van der Waals surface area contributed by atoms with Gasteiger partial charge in [-0.3, -0.25) is 4.79 Å². The molecular formula is C17H14ClN3OS3. The minimum absolute atomic E-state index is 0.194. The van der Waals surface area contributed by atoms with E-state index in [4.69, 9.17) is 23.8 Å². The monoisotopic (exact) mass is 407 g/mol. The van der Waals surface area contributed by atoms with Crippen LogP contribution < -0.4 is 10.6 Å². The molecule has 1 aromatic carbocycles. The zero-order chi connectivity index (χ0) is 17.8. The van der Waals surface area contributed by atoms with Gasteiger partial charge in [-0.25, -0.2) is 0 Å². The first-order valence-electron chi connectivity index (χ1n) is 7.60. The molecule has 1 aromatic heterocycles. The van der Waals surface area contributed by atoms with Gasteiger partial charge in [-0.15, -0.1) is 23.1 Å². The predicted octanol–water partition coefficient (Wildman–Crippen LogP) is 4.37. The van der Waals surface area contributed by atoms with Gasteiger partial charge in [0, 0.05) is 14.8 Å². The number of thiocarbonyl (C=S) groups is 1. The summed E-state index contributed by atoms with van der Waals surface area (Å²) in [6, 6.07) is 9.55. The van der Waals surface area contributed by atoms with E-state index in [-0.39, 0.29) is 16.8 Å². The summed E-state index contributed by atoms with van der Waals surface area (Å²) in [5.74, 6) is 0.0511. The molecule has 25 heavy (non-hydrogen) atoms. The molecule has 3 rings (SSSR count). The van der Waals surface area contributed by atoms with Gasteiger partial charge in [-0.1, -0.05) is 11.6 Å². The van der Waals surface area contributed by atoms with E-state index < -0.39 is 0 Å². The van der Waals surface area contributed by atoms with Crippen molar-refractivity contribution in [3.8, 4) is 6.07 Å². The van der Waals surface area contributed by atoms with Crippen LogP contribution in [0.15, 0.2) is 29.2 Å². The number of halogens is 1. The smallest absolute Gasteiger partial charge is 0.236 e. The summed E-state index contributed by atoms with van der Waals surface area (Å²) in [5, 5.41) is 16.6. The van der Waals surface area contributed by atoms with Crippen molar-refractivity contribution in [3.63, 3.8) is 0 Å². The molecule has 8 heteroatoms. The Morgan fingerprint density at radius 2 is 2.12 bits per heavy atom. The lowest BCUT2D eigenvalue weighted by atomic mass is 10.1. The quantitative estimate of drug-likeness (QED) is 0.582. The Morgan fingerprint density at radius 3 is 2.84 bits per heavy atom. The zero-order valence-electron chi connectivity index (χ0n) is 13.1. The van der Waals surface area contributed by atoms with Crippen LogP contribution in [-0.2, 0) is 17.6 Å². The van der Waals surface area contributed by atoms with Gasteiger partial charge in [0.05, 0.1) is 11.3 Å². The molecule has 0 radical (unpaired) electrons. The highest BCUT2D eigenvalue weighted by atomic mass is 35.5. The van der Waals surface area contributed by atoms with Gasteiger partial charge in [0.1, 0.15) is 11.1 Å². The van der Waals surface area contributed by atoms with Gasteiger partial charge in [-0.2, -0.15) is 5.26 Å². The number of hydrogen-bond acceptors (Lipinski definition) is 5. The van der Waals surface area contributed by atoms with E-state index in [9.17, 15) is 10.1 Å². The number of benzene rings is 1. The summed E-state index contributed by atoms with van der Waals surface area (Å²) in [6.07, 6.45) is 3.04. The van der Waals surface area contributed by atoms with Crippen molar-refractivity contribution in [1.82, 2.24) is 5.32 Å². The van der Waals surface area contributed by atoms with Crippen LogP contribution in [-0.4, -0.2) is 16.8 Å². The van der Waals surface area contributed by atoms with Crippen molar-refractivity contribution in [2.75, 3.05) is 11.1 Å². The summed E-state index contributed by atoms with van der Waals surface area (Å²) >= 11 is 14.0. The molecule has 0 spiro atoms. The molecule has 4 nitrogen and oxygen atoms in total. The number of hydrogen-bond donors (Lipinski definition) is 2. The highest BCUT2D eigenvalue weighted by molar-refractivity contribution is 8.00. The van der Waals surface area contributed by atoms with Crippen LogP contribution >= 0.6 is 46.9 Å². The van der Waals surface area contributed by atoms with Crippen molar-refractivity contribution in [2.24, 2.45) is 0 Å². The number of nitrogens with zero attached hydrogens (tertiary/aromatic N) is 1. The lowest BCUT2D eigenvalue weighted by Crippen LogP contribution is -2.35. The Hall–Kier alpha value is -1.59. The molecule has 1 aliphatic carbocycles. The van der Waals surface area contributed by atoms with Crippen LogP contribution in [0.4, 0.5) is 5.00 Å². The summed E-state index contributed by atoms with van der Waals surface area (Å²) in [5.41, 5.74) is 1.78. The Bertz CT molecular complexity index is 855. The van der Waals surface area contributed by atoms with Gasteiger partial charge < -0.3 is 10.6 Å². The van der Waals surface area contributed by atoms with E-state index in [2.05, 4.69) is 16.7 Å². The molecule has 1 aliphatic rings. The molecule has 0 atom stereocenters. The molecule has 0 bridgehead atoms. The van der Waals surface area contributed by atoms with Crippen LogP contribution in [0.25, 0.3) is 0 Å². The Balaban J connectivity index is 1.53. The lowest BCUT2D eigenvalue weighted by Gasteiger charge is -2.08. The zero-order valence-corrected chi connectivity index (χ0v) is 16.3. The second-order valence-electron chi connectivity index (χ2n) is 5.42. The molecule has 0 saturated heterocycles. The van der Waals surface area contributed by atoms with Crippen LogP contribution in [0.2, 0.25) is 5.02 Å². The van der Waals surface area contributed by atoms with Crippen molar-refractivity contribution < 1.29 is 4.79 Å². The third kappa shape index (κ3) is 4.53. The third-order valence-corrected chi connectivity index (χ3v) is 6.37. The van der Waals surface area contributed by atoms with E-state index in [1.165, 1.54) is 16.6 Å². The molecule has 2 aromatic rings. The minimum atomic E-state index is -0.194. The summed E-state index contributed by atoms with van der Waals surface area (Å²) in [6.45, 7) is 0. The average molecular weight is 408 g/mol. The van der Waals surface area contributed by atoms with Crippen LogP contribution in [0.1, 0.15) is 22.4 Å². The van der Waals surface area contributed by atoms with Crippen LogP contribution in [0, 0.1) is 11.3 Å². The number of nitriles is 1. The lowest BCUT2D eigenvalue weighted by molar-refractivity contribution is -0.117. The number of carbonyl (C=O) groups excluding carboxylic acids is 1. The second kappa shape index (κ2) is 8.19. The first kappa shape index (κ1) is 18.2. The molecular weight excluding hydrogens is 394 g/mol. The number of nitrogens with one attached hydrogen (secondary N) is 2. The molecule has 1 amide bonds. The van der Waals surface area contributed by atoms with Crippen molar-refractivity contribution >= 4 is 62.9 Å². The number of amides is 1. The SMILES string of the molecule is N#Cc1c(NC(=S)NC(=O)CSc2ccc(Cl)cc2)sc2c1CCC2. The molecule has 0 unspecified atom stereocenters. The first-order valence-corrected chi connectivity index (χ1v) is 10.2. The van der Waals surface area contributed by atoms with E-state index in [1.54, 1.807) is 23.5 Å². The van der Waals surface area contributed by atoms with Crippen LogP contribution in [0.3, 0.4) is 0 Å². The largest absolute Gasteiger partial charge is 0.323 e. The van der Waals surface area contributed by atoms with Crippen molar-refractivity contribution in [1.29, 1.82) is 5.26 Å². The number of thioether (sulfide) groups is 1. The maximum absolute atomic E-state index is 12.0. The standard InChI is InChI=1S/C17H14ClN3OS3/c18-10-4-6-11(7-5-10)24-9-15(22)20-17(23)21-16-13(8-19)12-2-1-3-14(12)25-16/h4-7H,1-3,9H2,(H2,20,21,22,23). The Labute approximate surface area is 164 Å². The van der Waals surface area contributed by atoms with Gasteiger partial charge in [0.15, 0.2) is 5.11 Å². The van der Waals surface area contributed by atoms with Gasteiger partial charge in [0.25, 0.3) is 0 Å². The summed E-state index contributed by atoms with van der Waals surface area (Å²) < 4.78 is 0. The minimum Gasteiger partial charge on any atom is -0.323 e. The Kier molecular flexibility index (Phi) is 5.97. The fraction of sp³-hybridized carbons (Fsp3) is 0.235. The normalized spacial score (nSPS) is 12.3. The van der Waals surface area contributed by atoms with Crippen molar-refractivity contribution in [3.05, 3.63) is 45.3 Å². The second-order valence-corrected chi connectivity index (χ2v) is 8.42. The van der Waals surface area contributed by atoms with Gasteiger partial charge in [0.2, 0.25) is 5.91 Å². The third-order valence-electron chi connectivity index (χ3n) is 3.70. The van der Waals surface area contributed by atoms with E-state index in [0.29, 0.717) is 10.6 Å². The molecule has 0 fully saturated rings. The first-order chi connectivity index (χ1) is 12.1. The fourth-order valence-electron chi connectivity index (χ4n) is 2.59. The summed E-state index contributed by atoms with van der Waals surface area (Å²) in [4.78, 5) is 14.2. The van der Waals surface area contributed by atoms with Gasteiger partial charge >= 0.3 is 0 Å². The van der Waals surface area contributed by atoms with Crippen molar-refractivity contribution in [2.45, 2.75) is 24.2 Å². The number of anilines is 1. The van der Waals surface area contributed by atoms with E-state index in [1.807, 2.05) is 12.1 Å². The maximum Gasteiger partial charge on any atom is 0.236 e. The molecule has 128 valence electrons. The van der Waals surface area contributed by atoms with Gasteiger partial charge in [-0.05, 0) is 61.3 Å². The molecule has 0 aliphatic heterocycles. The molecule has 1 heterocycles. The highest BCUT2D eigenvalue weighted by Gasteiger charge is 2.22. The number of fused-ring (bicyclic) bond motifs is 1. The Morgan fingerprint density at radius 1 is 1.36 bits per heavy atom. The highest BCUT2D eigenvalue weighted by Crippen LogP contribution is 2.38. The average Bonchev–Trinajstić information content (AvgIpc) is 3.14. The maximum atomic E-state index is 12.0. The predicted molar refractivity (Wildman–Crippen MR) is 108 cm³/mol. The van der Waals surface area contributed by atoms with E-state index in [0.717, 1.165) is 34.7 Å². The summed E-state index contributed by atoms with van der Waals surface area (Å²) in [7, 11) is 0. The molecule has 2 N–H and O–H groups in total.